The van der Waals surface area contributed by atoms with Gasteiger partial charge in [0.05, 0.1) is 17.1 Å². The van der Waals surface area contributed by atoms with Gasteiger partial charge in [0.25, 0.3) is 10.0 Å². The van der Waals surface area contributed by atoms with E-state index in [0.29, 0.717) is 38.9 Å². The van der Waals surface area contributed by atoms with Gasteiger partial charge in [0.1, 0.15) is 11.4 Å². The van der Waals surface area contributed by atoms with Crippen molar-refractivity contribution in [3.05, 3.63) is 76.9 Å². The van der Waals surface area contributed by atoms with Crippen molar-refractivity contribution < 1.29 is 17.9 Å². The number of carbonyl (C=O) groups is 1. The Labute approximate surface area is 233 Å². The zero-order valence-corrected chi connectivity index (χ0v) is 23.7. The third kappa shape index (κ3) is 8.68. The van der Waals surface area contributed by atoms with E-state index in [1.807, 2.05) is 30.3 Å². The van der Waals surface area contributed by atoms with Crippen molar-refractivity contribution >= 4 is 56.5 Å². The SMILES string of the molecule is CC(C)(C)OC(=O)N(CCNc1cccnc1NCCNc1ccc(Cl)cc1)S(=O)(=O)c1ccc(Cl)cc1. The summed E-state index contributed by atoms with van der Waals surface area (Å²) in [7, 11) is -4.19. The molecule has 1 aromatic heterocycles. The number of ether oxygens (including phenoxy) is 1. The van der Waals surface area contributed by atoms with Gasteiger partial charge in [0, 0.05) is 41.6 Å². The van der Waals surface area contributed by atoms with Crippen molar-refractivity contribution in [2.24, 2.45) is 0 Å². The van der Waals surface area contributed by atoms with Crippen LogP contribution in [0.4, 0.5) is 22.0 Å². The van der Waals surface area contributed by atoms with E-state index in [2.05, 4.69) is 20.9 Å². The molecular formula is C26H31Cl2N5O4S. The summed E-state index contributed by atoms with van der Waals surface area (Å²) in [5.41, 5.74) is 0.727. The zero-order chi connectivity index (χ0) is 27.8. The first-order valence-electron chi connectivity index (χ1n) is 11.9. The predicted molar refractivity (Wildman–Crippen MR) is 153 cm³/mol. The van der Waals surface area contributed by atoms with Crippen LogP contribution >= 0.6 is 23.2 Å². The number of sulfonamides is 1. The number of amides is 1. The monoisotopic (exact) mass is 579 g/mol. The Morgan fingerprint density at radius 2 is 1.50 bits per heavy atom. The number of pyridine rings is 1. The molecule has 38 heavy (non-hydrogen) atoms. The van der Waals surface area contributed by atoms with Crippen LogP contribution in [0.5, 0.6) is 0 Å². The number of rotatable bonds is 11. The summed E-state index contributed by atoms with van der Waals surface area (Å²) in [4.78, 5) is 17.2. The number of halogens is 2. The molecule has 0 fully saturated rings. The second kappa shape index (κ2) is 13.0. The molecule has 0 saturated heterocycles. The molecule has 204 valence electrons. The Kier molecular flexibility index (Phi) is 10.1. The van der Waals surface area contributed by atoms with Gasteiger partial charge in [-0.3, -0.25) is 0 Å². The highest BCUT2D eigenvalue weighted by atomic mass is 35.5. The van der Waals surface area contributed by atoms with Crippen LogP contribution in [0, 0.1) is 0 Å². The van der Waals surface area contributed by atoms with Gasteiger partial charge in [-0.2, -0.15) is 4.31 Å². The Morgan fingerprint density at radius 3 is 2.13 bits per heavy atom. The molecule has 3 rings (SSSR count). The minimum Gasteiger partial charge on any atom is -0.443 e. The van der Waals surface area contributed by atoms with Crippen LogP contribution in [-0.4, -0.2) is 55.6 Å². The van der Waals surface area contributed by atoms with Crippen LogP contribution in [0.1, 0.15) is 20.8 Å². The summed E-state index contributed by atoms with van der Waals surface area (Å²) >= 11 is 11.8. The van der Waals surface area contributed by atoms with Gasteiger partial charge in [-0.25, -0.2) is 18.2 Å². The molecule has 1 amide bonds. The third-order valence-electron chi connectivity index (χ3n) is 5.03. The Hall–Kier alpha value is -3.21. The predicted octanol–water partition coefficient (Wildman–Crippen LogP) is 5.95. The van der Waals surface area contributed by atoms with E-state index in [1.54, 1.807) is 33.0 Å². The van der Waals surface area contributed by atoms with E-state index < -0.39 is 21.7 Å². The van der Waals surface area contributed by atoms with Crippen LogP contribution in [0.2, 0.25) is 10.0 Å². The summed E-state index contributed by atoms with van der Waals surface area (Å²) < 4.78 is 32.7. The number of aromatic nitrogens is 1. The number of benzene rings is 2. The molecule has 1 heterocycles. The number of hydrogen-bond acceptors (Lipinski definition) is 8. The lowest BCUT2D eigenvalue weighted by Crippen LogP contribution is -2.43. The first kappa shape index (κ1) is 29.3. The quantitative estimate of drug-likeness (QED) is 0.239. The molecule has 0 bridgehead atoms. The maximum atomic E-state index is 13.3. The topological polar surface area (TPSA) is 113 Å². The van der Waals surface area contributed by atoms with Crippen molar-refractivity contribution in [3.63, 3.8) is 0 Å². The van der Waals surface area contributed by atoms with Crippen LogP contribution < -0.4 is 16.0 Å². The van der Waals surface area contributed by atoms with Gasteiger partial charge in [0.2, 0.25) is 0 Å². The van der Waals surface area contributed by atoms with E-state index in [9.17, 15) is 13.2 Å². The Balaban J connectivity index is 1.65. The van der Waals surface area contributed by atoms with Crippen molar-refractivity contribution in [1.82, 2.24) is 9.29 Å². The molecular weight excluding hydrogens is 549 g/mol. The first-order chi connectivity index (χ1) is 18.0. The molecule has 0 aliphatic rings. The Morgan fingerprint density at radius 1 is 0.895 bits per heavy atom. The average molecular weight is 581 g/mol. The van der Waals surface area contributed by atoms with Crippen molar-refractivity contribution in [3.8, 4) is 0 Å². The smallest absolute Gasteiger partial charge is 0.424 e. The van der Waals surface area contributed by atoms with Crippen LogP contribution in [0.3, 0.4) is 0 Å². The number of anilines is 3. The van der Waals surface area contributed by atoms with Gasteiger partial charge in [-0.1, -0.05) is 23.2 Å². The molecule has 12 heteroatoms. The maximum Gasteiger partial charge on any atom is 0.424 e. The normalized spacial score (nSPS) is 11.5. The lowest BCUT2D eigenvalue weighted by Gasteiger charge is -2.27. The summed E-state index contributed by atoms with van der Waals surface area (Å²) in [5, 5.41) is 10.8. The van der Waals surface area contributed by atoms with Gasteiger partial charge in [-0.05, 0) is 81.4 Å². The minimum atomic E-state index is -4.19. The van der Waals surface area contributed by atoms with E-state index in [-0.39, 0.29) is 18.0 Å². The molecule has 9 nitrogen and oxygen atoms in total. The number of carbonyl (C=O) groups excluding carboxylic acids is 1. The fraction of sp³-hybridized carbons (Fsp3) is 0.308. The van der Waals surface area contributed by atoms with Gasteiger partial charge >= 0.3 is 6.09 Å². The van der Waals surface area contributed by atoms with Crippen LogP contribution in [-0.2, 0) is 14.8 Å². The molecule has 3 N–H and O–H groups in total. The number of nitrogens with zero attached hydrogens (tertiary/aromatic N) is 2. The molecule has 0 aliphatic heterocycles. The lowest BCUT2D eigenvalue weighted by molar-refractivity contribution is 0.0395. The fourth-order valence-electron chi connectivity index (χ4n) is 3.29. The summed E-state index contributed by atoms with van der Waals surface area (Å²) in [6, 6.07) is 16.6. The second-order valence-corrected chi connectivity index (χ2v) is 11.9. The third-order valence-corrected chi connectivity index (χ3v) is 7.31. The van der Waals surface area contributed by atoms with E-state index >= 15 is 0 Å². The first-order valence-corrected chi connectivity index (χ1v) is 14.1. The van der Waals surface area contributed by atoms with Crippen molar-refractivity contribution in [2.75, 3.05) is 42.1 Å². The van der Waals surface area contributed by atoms with Gasteiger partial charge in [-0.15, -0.1) is 0 Å². The van der Waals surface area contributed by atoms with Gasteiger partial charge in [0.15, 0.2) is 0 Å². The molecule has 0 aliphatic carbocycles. The minimum absolute atomic E-state index is 0.0651. The van der Waals surface area contributed by atoms with Crippen molar-refractivity contribution in [2.45, 2.75) is 31.3 Å². The standard InChI is InChI=1S/C26H31Cl2N5O4S/c1-26(2,3)37-25(34)33(38(35,36)22-12-8-20(28)9-13-22)18-17-30-23-5-4-14-31-24(23)32-16-15-29-21-10-6-19(27)7-11-21/h4-14,29-30H,15-18H2,1-3H3,(H,31,32). The van der Waals surface area contributed by atoms with Crippen molar-refractivity contribution in [1.29, 1.82) is 0 Å². The second-order valence-electron chi connectivity index (χ2n) is 9.20. The maximum absolute atomic E-state index is 13.3. The van der Waals surface area contributed by atoms with Gasteiger partial charge < -0.3 is 20.7 Å². The largest absolute Gasteiger partial charge is 0.443 e. The molecule has 0 radical (unpaired) electrons. The van der Waals surface area contributed by atoms with E-state index in [0.717, 1.165) is 5.69 Å². The molecule has 0 saturated carbocycles. The van der Waals surface area contributed by atoms with E-state index in [4.69, 9.17) is 27.9 Å². The number of hydrogen-bond donors (Lipinski definition) is 3. The summed E-state index contributed by atoms with van der Waals surface area (Å²) in [5.74, 6) is 0.592. The van der Waals surface area contributed by atoms with E-state index in [1.165, 1.54) is 24.3 Å². The molecule has 3 aromatic rings. The molecule has 0 spiro atoms. The Bertz CT molecular complexity index is 1310. The summed E-state index contributed by atoms with van der Waals surface area (Å²) in [6.45, 7) is 6.16. The lowest BCUT2D eigenvalue weighted by atomic mass is 10.2. The fourth-order valence-corrected chi connectivity index (χ4v) is 4.84. The highest BCUT2D eigenvalue weighted by Gasteiger charge is 2.32. The van der Waals surface area contributed by atoms with Crippen LogP contribution in [0.15, 0.2) is 71.8 Å². The van der Waals surface area contributed by atoms with Crippen LogP contribution in [0.25, 0.3) is 0 Å². The molecule has 2 aromatic carbocycles. The summed E-state index contributed by atoms with van der Waals surface area (Å²) in [6.07, 6.45) is 0.685. The highest BCUT2D eigenvalue weighted by molar-refractivity contribution is 7.89. The zero-order valence-electron chi connectivity index (χ0n) is 21.4. The number of nitrogens with one attached hydrogen (secondary N) is 3. The molecule has 0 atom stereocenters. The highest BCUT2D eigenvalue weighted by Crippen LogP contribution is 2.22. The molecule has 0 unspecified atom stereocenters. The average Bonchev–Trinajstić information content (AvgIpc) is 2.85.